The number of benzene rings is 2. The Morgan fingerprint density at radius 3 is 2.61 bits per heavy atom. The first-order chi connectivity index (χ1) is 11.0. The quantitative estimate of drug-likeness (QED) is 0.643. The van der Waals surface area contributed by atoms with E-state index < -0.39 is 0 Å². The van der Waals surface area contributed by atoms with Crippen LogP contribution in [0.1, 0.15) is 25.0 Å². The highest BCUT2D eigenvalue weighted by Gasteiger charge is 2.16. The van der Waals surface area contributed by atoms with Crippen LogP contribution >= 0.6 is 0 Å². The topological polar surface area (TPSA) is 53.6 Å². The van der Waals surface area contributed by atoms with Gasteiger partial charge in [0.05, 0.1) is 5.56 Å². The fraction of sp³-hybridized carbons (Fsp3) is 0.200. The van der Waals surface area contributed by atoms with Gasteiger partial charge in [-0.2, -0.15) is 0 Å². The van der Waals surface area contributed by atoms with Crippen molar-refractivity contribution in [1.29, 1.82) is 0 Å². The SMILES string of the molecule is CC(C)=CCc1c(O)ccc(-c2cc3ccc(C)cc3o2)c1O. The predicted molar refractivity (Wildman–Crippen MR) is 92.9 cm³/mol. The number of hydrogen-bond acceptors (Lipinski definition) is 3. The number of hydrogen-bond donors (Lipinski definition) is 2. The van der Waals surface area contributed by atoms with E-state index in [1.807, 2.05) is 51.1 Å². The molecule has 1 aromatic heterocycles. The molecule has 3 aromatic rings. The molecular formula is C20H20O3. The van der Waals surface area contributed by atoms with E-state index in [9.17, 15) is 10.2 Å². The van der Waals surface area contributed by atoms with Gasteiger partial charge in [0.25, 0.3) is 0 Å². The lowest BCUT2D eigenvalue weighted by Gasteiger charge is -2.09. The molecule has 3 nitrogen and oxygen atoms in total. The second kappa shape index (κ2) is 5.84. The Hall–Kier alpha value is -2.68. The maximum absolute atomic E-state index is 10.6. The van der Waals surface area contributed by atoms with Gasteiger partial charge in [-0.3, -0.25) is 0 Å². The van der Waals surface area contributed by atoms with Crippen molar-refractivity contribution in [2.45, 2.75) is 27.2 Å². The summed E-state index contributed by atoms with van der Waals surface area (Å²) >= 11 is 0. The van der Waals surface area contributed by atoms with Gasteiger partial charge in [0, 0.05) is 10.9 Å². The van der Waals surface area contributed by atoms with E-state index in [4.69, 9.17) is 4.42 Å². The highest BCUT2D eigenvalue weighted by atomic mass is 16.3. The average Bonchev–Trinajstić information content (AvgIpc) is 2.89. The third-order valence-corrected chi connectivity index (χ3v) is 3.91. The molecule has 0 fully saturated rings. The zero-order chi connectivity index (χ0) is 16.6. The van der Waals surface area contributed by atoms with Crippen molar-refractivity contribution in [1.82, 2.24) is 0 Å². The van der Waals surface area contributed by atoms with Crippen LogP contribution < -0.4 is 0 Å². The van der Waals surface area contributed by atoms with Crippen molar-refractivity contribution >= 4 is 11.0 Å². The molecule has 0 spiro atoms. The van der Waals surface area contributed by atoms with Crippen molar-refractivity contribution in [2.75, 3.05) is 0 Å². The van der Waals surface area contributed by atoms with E-state index in [-0.39, 0.29) is 11.5 Å². The molecule has 0 radical (unpaired) electrons. The van der Waals surface area contributed by atoms with Crippen molar-refractivity contribution < 1.29 is 14.6 Å². The predicted octanol–water partition coefficient (Wildman–Crippen LogP) is 5.33. The van der Waals surface area contributed by atoms with Gasteiger partial charge in [0.1, 0.15) is 22.8 Å². The maximum atomic E-state index is 10.6. The first kappa shape index (κ1) is 15.2. The Morgan fingerprint density at radius 1 is 1.09 bits per heavy atom. The Bertz CT molecular complexity index is 897. The smallest absolute Gasteiger partial charge is 0.139 e. The third kappa shape index (κ3) is 2.95. The summed E-state index contributed by atoms with van der Waals surface area (Å²) in [7, 11) is 0. The Labute approximate surface area is 135 Å². The van der Waals surface area contributed by atoms with E-state index in [1.165, 1.54) is 0 Å². The van der Waals surface area contributed by atoms with Gasteiger partial charge in [-0.1, -0.05) is 23.8 Å². The number of fused-ring (bicyclic) bond motifs is 1. The van der Waals surface area contributed by atoms with E-state index in [1.54, 1.807) is 12.1 Å². The summed E-state index contributed by atoms with van der Waals surface area (Å²) in [6, 6.07) is 11.2. The van der Waals surface area contributed by atoms with Crippen LogP contribution in [0.15, 0.2) is 52.5 Å². The first-order valence-electron chi connectivity index (χ1n) is 7.63. The van der Waals surface area contributed by atoms with Crippen LogP contribution in [-0.2, 0) is 6.42 Å². The molecule has 0 bridgehead atoms. The molecule has 3 heteroatoms. The van der Waals surface area contributed by atoms with Crippen LogP contribution in [0.4, 0.5) is 0 Å². The molecule has 0 aliphatic rings. The molecule has 0 atom stereocenters. The molecule has 23 heavy (non-hydrogen) atoms. The number of phenols is 2. The highest BCUT2D eigenvalue weighted by molar-refractivity contribution is 5.85. The molecule has 0 amide bonds. The molecule has 0 saturated heterocycles. The van der Waals surface area contributed by atoms with E-state index in [2.05, 4.69) is 0 Å². The molecule has 2 aromatic carbocycles. The summed E-state index contributed by atoms with van der Waals surface area (Å²) in [6.07, 6.45) is 2.45. The second-order valence-corrected chi connectivity index (χ2v) is 6.10. The minimum atomic E-state index is 0.0679. The summed E-state index contributed by atoms with van der Waals surface area (Å²) in [5, 5.41) is 21.6. The summed E-state index contributed by atoms with van der Waals surface area (Å²) in [5.41, 5.74) is 4.15. The summed E-state index contributed by atoms with van der Waals surface area (Å²) in [4.78, 5) is 0. The number of aryl methyl sites for hydroxylation is 1. The minimum Gasteiger partial charge on any atom is -0.508 e. The molecule has 118 valence electrons. The van der Waals surface area contributed by atoms with Gasteiger partial charge in [-0.15, -0.1) is 0 Å². The van der Waals surface area contributed by atoms with Crippen LogP contribution in [-0.4, -0.2) is 10.2 Å². The van der Waals surface area contributed by atoms with Crippen molar-refractivity contribution in [3.8, 4) is 22.8 Å². The lowest BCUT2D eigenvalue weighted by atomic mass is 10.0. The van der Waals surface area contributed by atoms with Crippen LogP contribution in [0.2, 0.25) is 0 Å². The standard InChI is InChI=1S/C20H20O3/c1-12(2)4-7-15-17(21)9-8-16(20(15)22)19-11-14-6-5-13(3)10-18(14)23-19/h4-6,8-11,21-22H,7H2,1-3H3. The van der Waals surface area contributed by atoms with Gasteiger partial charge in [0.2, 0.25) is 0 Å². The number of furan rings is 1. The van der Waals surface area contributed by atoms with Crippen LogP contribution in [0.3, 0.4) is 0 Å². The van der Waals surface area contributed by atoms with Gasteiger partial charge >= 0.3 is 0 Å². The zero-order valence-corrected chi connectivity index (χ0v) is 13.6. The van der Waals surface area contributed by atoms with Crippen molar-refractivity contribution in [2.24, 2.45) is 0 Å². The van der Waals surface area contributed by atoms with E-state index >= 15 is 0 Å². The summed E-state index contributed by atoms with van der Waals surface area (Å²) < 4.78 is 5.88. The monoisotopic (exact) mass is 308 g/mol. The number of phenolic OH excluding ortho intramolecular Hbond substituents is 2. The molecule has 0 unspecified atom stereocenters. The van der Waals surface area contributed by atoms with Crippen molar-refractivity contribution in [3.05, 3.63) is 59.2 Å². The zero-order valence-electron chi connectivity index (χ0n) is 13.6. The summed E-state index contributed by atoms with van der Waals surface area (Å²) in [5.74, 6) is 0.760. The fourth-order valence-electron chi connectivity index (χ4n) is 2.60. The largest absolute Gasteiger partial charge is 0.508 e. The maximum Gasteiger partial charge on any atom is 0.139 e. The van der Waals surface area contributed by atoms with E-state index in [0.29, 0.717) is 23.3 Å². The summed E-state index contributed by atoms with van der Waals surface area (Å²) in [6.45, 7) is 5.98. The van der Waals surface area contributed by atoms with Gasteiger partial charge in [-0.25, -0.2) is 0 Å². The minimum absolute atomic E-state index is 0.0679. The Kier molecular flexibility index (Phi) is 3.87. The Morgan fingerprint density at radius 2 is 1.87 bits per heavy atom. The molecule has 0 aliphatic heterocycles. The van der Waals surface area contributed by atoms with Gasteiger partial charge < -0.3 is 14.6 Å². The molecule has 1 heterocycles. The number of aromatic hydroxyl groups is 2. The van der Waals surface area contributed by atoms with Gasteiger partial charge in [-0.05, 0) is 57.0 Å². The number of allylic oxidation sites excluding steroid dienone is 2. The molecule has 0 saturated carbocycles. The van der Waals surface area contributed by atoms with E-state index in [0.717, 1.165) is 22.1 Å². The van der Waals surface area contributed by atoms with Crippen LogP contribution in [0.25, 0.3) is 22.3 Å². The lowest BCUT2D eigenvalue weighted by molar-refractivity contribution is 0.441. The molecule has 2 N–H and O–H groups in total. The highest BCUT2D eigenvalue weighted by Crippen LogP contribution is 2.39. The van der Waals surface area contributed by atoms with Crippen molar-refractivity contribution in [3.63, 3.8) is 0 Å². The lowest BCUT2D eigenvalue weighted by Crippen LogP contribution is -1.88. The molecule has 3 rings (SSSR count). The molecule has 0 aliphatic carbocycles. The molecular weight excluding hydrogens is 288 g/mol. The normalized spacial score (nSPS) is 10.9. The average molecular weight is 308 g/mol. The Balaban J connectivity index is 2.11. The first-order valence-corrected chi connectivity index (χ1v) is 7.63. The van der Waals surface area contributed by atoms with Crippen LogP contribution in [0, 0.1) is 6.92 Å². The fourth-order valence-corrected chi connectivity index (χ4v) is 2.60. The third-order valence-electron chi connectivity index (χ3n) is 3.91. The second-order valence-electron chi connectivity index (χ2n) is 6.10. The van der Waals surface area contributed by atoms with Gasteiger partial charge in [0.15, 0.2) is 0 Å². The number of rotatable bonds is 3. The van der Waals surface area contributed by atoms with Crippen LogP contribution in [0.5, 0.6) is 11.5 Å².